The number of halogens is 1. The fourth-order valence-corrected chi connectivity index (χ4v) is 6.49. The predicted octanol–water partition coefficient (Wildman–Crippen LogP) is 1.35. The van der Waals surface area contributed by atoms with Crippen molar-refractivity contribution in [3.8, 4) is 5.75 Å². The molecule has 0 saturated carbocycles. The number of likely N-dealkylation sites (N-methyl/N-ethyl adjacent to an activating group) is 1. The van der Waals surface area contributed by atoms with E-state index in [1.807, 2.05) is 13.8 Å². The highest BCUT2D eigenvalue weighted by atomic mass is 35.5. The second-order valence-electron chi connectivity index (χ2n) is 14.8. The number of nitrogens with two attached hydrogens (primary N) is 1. The van der Waals surface area contributed by atoms with Gasteiger partial charge in [-0.15, -0.1) is 12.4 Å². The fraction of sp³-hybridized carbons (Fsp3) is 0.676. The number of hydrogen-bond donors (Lipinski definition) is 4. The zero-order valence-electron chi connectivity index (χ0n) is 32.0. The van der Waals surface area contributed by atoms with Crippen LogP contribution < -0.4 is 21.1 Å². The number of carbonyl (C=O) groups excluding carboxylic acids is 6. The molecule has 0 unspecified atom stereocenters. The molecular formula is C37H58ClN5O10. The van der Waals surface area contributed by atoms with Crippen molar-refractivity contribution < 1.29 is 48.1 Å². The molecule has 5 N–H and O–H groups in total. The molecule has 15 nitrogen and oxygen atoms in total. The Bertz CT molecular complexity index is 1420. The first-order valence-electron chi connectivity index (χ1n) is 18.1. The Morgan fingerprint density at radius 2 is 1.58 bits per heavy atom. The van der Waals surface area contributed by atoms with Gasteiger partial charge in [-0.2, -0.15) is 0 Å². The standard InChI is InChI=1S/C37H57N5O10.ClH/c1-20(2)16-26-35(47)42-15-9-10-27(42)36(48)41(7)28(17-23-11-13-24(50-8)14-12-23)37(49)51-19-25(38)33(45)40-31(21(3)4)29(43)18-30(44)52-32(22(5)6)34(46)39-26;/h11-14,20-22,25-29,31-32,43H,9-10,15-19,38H2,1-8H3,(H,39,46)(H,40,45);1H/t25-,26-,27-,28-,29-,31+,32-;/m0./s1. The number of nitrogens with zero attached hydrogens (tertiary/aromatic N) is 2. The van der Waals surface area contributed by atoms with Gasteiger partial charge in [0.1, 0.15) is 36.5 Å². The van der Waals surface area contributed by atoms with Crippen molar-refractivity contribution in [1.82, 2.24) is 20.4 Å². The molecule has 1 aromatic carbocycles. The summed E-state index contributed by atoms with van der Waals surface area (Å²) < 4.78 is 16.4. The van der Waals surface area contributed by atoms with Gasteiger partial charge in [0.05, 0.1) is 25.7 Å². The molecule has 298 valence electrons. The van der Waals surface area contributed by atoms with Gasteiger partial charge in [0.2, 0.25) is 17.7 Å². The van der Waals surface area contributed by atoms with E-state index in [0.717, 1.165) is 0 Å². The lowest BCUT2D eigenvalue weighted by molar-refractivity contribution is -0.161. The first kappa shape index (κ1) is 45.2. The molecule has 0 bridgehead atoms. The van der Waals surface area contributed by atoms with Crippen LogP contribution in [0.1, 0.15) is 72.8 Å². The second-order valence-corrected chi connectivity index (χ2v) is 14.8. The lowest BCUT2D eigenvalue weighted by Crippen LogP contribution is -2.57. The fourth-order valence-electron chi connectivity index (χ4n) is 6.49. The van der Waals surface area contributed by atoms with Crippen molar-refractivity contribution in [3.05, 3.63) is 29.8 Å². The Kier molecular flexibility index (Phi) is 17.5. The van der Waals surface area contributed by atoms with Gasteiger partial charge in [-0.25, -0.2) is 4.79 Å². The van der Waals surface area contributed by atoms with Gasteiger partial charge in [-0.1, -0.05) is 53.7 Å². The molecule has 2 heterocycles. The summed E-state index contributed by atoms with van der Waals surface area (Å²) in [6.07, 6.45) is -2.11. The third-order valence-electron chi connectivity index (χ3n) is 9.50. The molecule has 3 rings (SSSR count). The molecule has 0 spiro atoms. The van der Waals surface area contributed by atoms with Crippen LogP contribution in [0.5, 0.6) is 5.75 Å². The molecule has 2 saturated heterocycles. The predicted molar refractivity (Wildman–Crippen MR) is 198 cm³/mol. The maximum absolute atomic E-state index is 14.2. The molecule has 2 aliphatic rings. The summed E-state index contributed by atoms with van der Waals surface area (Å²) in [5.74, 6) is -4.37. The minimum Gasteiger partial charge on any atom is -0.497 e. The Morgan fingerprint density at radius 3 is 2.15 bits per heavy atom. The SMILES string of the molecule is COc1ccc(C[C@H]2C(=O)OC[C@H](N)C(=O)N[C@H](C(C)C)[C@@H](O)CC(=O)O[C@@H](C(C)C)C(=O)N[C@@H](CC(C)C)C(=O)N3CCC[C@H]3C(=O)N2C)cc1.Cl. The Morgan fingerprint density at radius 1 is 0.943 bits per heavy atom. The van der Waals surface area contributed by atoms with Gasteiger partial charge < -0.3 is 45.5 Å². The van der Waals surface area contributed by atoms with E-state index in [4.69, 9.17) is 19.9 Å². The molecule has 0 radical (unpaired) electrons. The van der Waals surface area contributed by atoms with Gasteiger partial charge in [0.25, 0.3) is 5.91 Å². The number of cyclic esters (lactones) is 2. The number of amides is 4. The lowest BCUT2D eigenvalue weighted by atomic mass is 9.96. The second kappa shape index (κ2) is 20.5. The minimum absolute atomic E-state index is 0. The quantitative estimate of drug-likeness (QED) is 0.292. The number of methoxy groups -OCH3 is 1. The first-order valence-corrected chi connectivity index (χ1v) is 18.1. The summed E-state index contributed by atoms with van der Waals surface area (Å²) in [6, 6.07) is 1.53. The zero-order valence-corrected chi connectivity index (χ0v) is 32.9. The van der Waals surface area contributed by atoms with Gasteiger partial charge in [-0.05, 0) is 54.7 Å². The maximum Gasteiger partial charge on any atom is 0.329 e. The van der Waals surface area contributed by atoms with Crippen LogP contribution in [-0.4, -0.2) is 120 Å². The largest absolute Gasteiger partial charge is 0.497 e. The molecule has 53 heavy (non-hydrogen) atoms. The molecule has 0 aromatic heterocycles. The van der Waals surface area contributed by atoms with Crippen molar-refractivity contribution in [2.24, 2.45) is 23.5 Å². The molecule has 16 heteroatoms. The van der Waals surface area contributed by atoms with Gasteiger partial charge in [0, 0.05) is 20.0 Å². The van der Waals surface area contributed by atoms with Crippen LogP contribution in [0.15, 0.2) is 24.3 Å². The summed E-state index contributed by atoms with van der Waals surface area (Å²) in [5.41, 5.74) is 6.82. The molecule has 2 fully saturated rings. The number of aliphatic hydroxyl groups is 1. The van der Waals surface area contributed by atoms with E-state index in [2.05, 4.69) is 10.6 Å². The highest BCUT2D eigenvalue weighted by Gasteiger charge is 2.43. The highest BCUT2D eigenvalue weighted by molar-refractivity contribution is 5.95. The van der Waals surface area contributed by atoms with E-state index >= 15 is 0 Å². The van der Waals surface area contributed by atoms with E-state index in [9.17, 15) is 33.9 Å². The number of carbonyl (C=O) groups is 6. The summed E-state index contributed by atoms with van der Waals surface area (Å²) in [6.45, 7) is 10.3. The number of ether oxygens (including phenoxy) is 3. The molecular weight excluding hydrogens is 710 g/mol. The third-order valence-corrected chi connectivity index (χ3v) is 9.50. The van der Waals surface area contributed by atoms with Crippen LogP contribution in [0.25, 0.3) is 0 Å². The first-order chi connectivity index (χ1) is 24.4. The monoisotopic (exact) mass is 767 g/mol. The van der Waals surface area contributed by atoms with Crippen LogP contribution in [0.2, 0.25) is 0 Å². The van der Waals surface area contributed by atoms with Crippen molar-refractivity contribution >= 4 is 48.0 Å². The van der Waals surface area contributed by atoms with Crippen LogP contribution in [0, 0.1) is 17.8 Å². The van der Waals surface area contributed by atoms with E-state index in [1.165, 1.54) is 24.0 Å². The van der Waals surface area contributed by atoms with E-state index in [-0.39, 0.29) is 43.6 Å². The van der Waals surface area contributed by atoms with Crippen LogP contribution in [0.4, 0.5) is 0 Å². The van der Waals surface area contributed by atoms with Crippen molar-refractivity contribution in [1.29, 1.82) is 0 Å². The topological polar surface area (TPSA) is 207 Å². The number of aliphatic hydroxyl groups excluding tert-OH is 1. The molecule has 1 aromatic rings. The van der Waals surface area contributed by atoms with E-state index in [1.54, 1.807) is 52.0 Å². The van der Waals surface area contributed by atoms with Crippen LogP contribution in [-0.2, 0) is 44.7 Å². The summed E-state index contributed by atoms with van der Waals surface area (Å²) in [4.78, 5) is 84.7. The smallest absolute Gasteiger partial charge is 0.329 e. The van der Waals surface area contributed by atoms with Gasteiger partial charge in [0.15, 0.2) is 6.10 Å². The number of nitrogens with one attached hydrogen (secondary N) is 2. The van der Waals surface area contributed by atoms with Gasteiger partial charge >= 0.3 is 11.9 Å². The molecule has 4 amide bonds. The number of rotatable bonds is 7. The molecule has 0 aliphatic carbocycles. The Labute approximate surface area is 318 Å². The molecule has 2 aliphatic heterocycles. The zero-order chi connectivity index (χ0) is 38.9. The average molecular weight is 768 g/mol. The lowest BCUT2D eigenvalue weighted by Gasteiger charge is -2.34. The Balaban J connectivity index is 0.00000972. The maximum atomic E-state index is 14.2. The number of hydrogen-bond acceptors (Lipinski definition) is 11. The average Bonchev–Trinajstić information content (AvgIpc) is 3.58. The number of benzene rings is 1. The van der Waals surface area contributed by atoms with E-state index in [0.29, 0.717) is 24.2 Å². The number of esters is 2. The van der Waals surface area contributed by atoms with Gasteiger partial charge in [-0.3, -0.25) is 24.0 Å². The molecule has 7 atom stereocenters. The van der Waals surface area contributed by atoms with Crippen molar-refractivity contribution in [2.75, 3.05) is 27.3 Å². The number of fused-ring (bicyclic) bond motifs is 1. The highest BCUT2D eigenvalue weighted by Crippen LogP contribution is 2.25. The summed E-state index contributed by atoms with van der Waals surface area (Å²) >= 11 is 0. The minimum atomic E-state index is -1.41. The van der Waals surface area contributed by atoms with Crippen LogP contribution in [0.3, 0.4) is 0 Å². The van der Waals surface area contributed by atoms with Crippen LogP contribution >= 0.6 is 12.4 Å². The van der Waals surface area contributed by atoms with E-state index < -0.39 is 96.9 Å². The normalized spacial score (nSPS) is 27.4. The third kappa shape index (κ3) is 12.3. The van der Waals surface area contributed by atoms with Crippen molar-refractivity contribution in [3.63, 3.8) is 0 Å². The Hall–Kier alpha value is -3.95. The van der Waals surface area contributed by atoms with Crippen molar-refractivity contribution in [2.45, 2.75) is 116 Å². The summed E-state index contributed by atoms with van der Waals surface area (Å²) in [7, 11) is 2.99. The summed E-state index contributed by atoms with van der Waals surface area (Å²) in [5, 5.41) is 16.4.